The lowest BCUT2D eigenvalue weighted by Gasteiger charge is -2.25. The van der Waals surface area contributed by atoms with Crippen molar-refractivity contribution in [2.45, 2.75) is 56.3 Å². The van der Waals surface area contributed by atoms with E-state index in [2.05, 4.69) is 20.9 Å². The number of aromatic hydroxyl groups is 1. The summed E-state index contributed by atoms with van der Waals surface area (Å²) in [6.45, 7) is 0. The number of aromatic nitrogens is 1. The van der Waals surface area contributed by atoms with Crippen molar-refractivity contribution < 1.29 is 39.3 Å². The molecule has 13 nitrogen and oxygen atoms in total. The first-order chi connectivity index (χ1) is 21.0. The van der Waals surface area contributed by atoms with Gasteiger partial charge in [0.25, 0.3) is 0 Å². The van der Waals surface area contributed by atoms with Gasteiger partial charge in [-0.1, -0.05) is 30.3 Å². The Morgan fingerprint density at radius 2 is 1.48 bits per heavy atom. The molecule has 0 bridgehead atoms. The number of aliphatic carboxylic acids is 2. The SMILES string of the molecule is CSCCC(N)C(=O)NC(Cc1ccc(O)cc1)C(=O)NC(CCC(=O)O)C(=O)NC(Cc1c[nH]c2ccccc12)C(=O)O. The van der Waals surface area contributed by atoms with Gasteiger partial charge >= 0.3 is 11.9 Å². The minimum atomic E-state index is -1.42. The van der Waals surface area contributed by atoms with E-state index < -0.39 is 60.2 Å². The number of hydrogen-bond donors (Lipinski definition) is 8. The van der Waals surface area contributed by atoms with Gasteiger partial charge in [0.1, 0.15) is 23.9 Å². The Kier molecular flexibility index (Phi) is 12.6. The fraction of sp³-hybridized carbons (Fsp3) is 0.367. The van der Waals surface area contributed by atoms with Crippen LogP contribution in [0.15, 0.2) is 54.7 Å². The summed E-state index contributed by atoms with van der Waals surface area (Å²) in [5.74, 6) is -4.19. The third-order valence-electron chi connectivity index (χ3n) is 6.97. The van der Waals surface area contributed by atoms with Gasteiger partial charge in [-0.25, -0.2) is 4.79 Å². The van der Waals surface area contributed by atoms with Crippen LogP contribution >= 0.6 is 11.8 Å². The van der Waals surface area contributed by atoms with Crippen LogP contribution < -0.4 is 21.7 Å². The van der Waals surface area contributed by atoms with E-state index in [4.69, 9.17) is 5.73 Å². The molecule has 0 fully saturated rings. The number of carbonyl (C=O) groups excluding carboxylic acids is 3. The van der Waals surface area contributed by atoms with Crippen LogP contribution in [0.4, 0.5) is 0 Å². The van der Waals surface area contributed by atoms with E-state index in [9.17, 15) is 39.3 Å². The third-order valence-corrected chi connectivity index (χ3v) is 7.62. The van der Waals surface area contributed by atoms with Gasteiger partial charge in [0.15, 0.2) is 0 Å². The number of aromatic amines is 1. The lowest BCUT2D eigenvalue weighted by molar-refractivity contribution is -0.143. The average Bonchev–Trinajstić information content (AvgIpc) is 3.40. The van der Waals surface area contributed by atoms with Gasteiger partial charge in [0.2, 0.25) is 17.7 Å². The molecular formula is C30H37N5O8S. The predicted octanol–water partition coefficient (Wildman–Crippen LogP) is 1.14. The molecule has 3 aromatic rings. The Hall–Kier alpha value is -4.56. The second kappa shape index (κ2) is 16.3. The third kappa shape index (κ3) is 10.0. The number of nitrogens with one attached hydrogen (secondary N) is 4. The lowest BCUT2D eigenvalue weighted by atomic mass is 10.0. The van der Waals surface area contributed by atoms with Crippen LogP contribution in [0.2, 0.25) is 0 Å². The summed E-state index contributed by atoms with van der Waals surface area (Å²) >= 11 is 1.50. The molecule has 0 spiro atoms. The Morgan fingerprint density at radius 3 is 2.14 bits per heavy atom. The minimum Gasteiger partial charge on any atom is -0.508 e. The molecule has 1 heterocycles. The summed E-state index contributed by atoms with van der Waals surface area (Å²) in [5, 5.41) is 37.1. The zero-order valence-electron chi connectivity index (χ0n) is 24.1. The van der Waals surface area contributed by atoms with Gasteiger partial charge in [-0.2, -0.15) is 11.8 Å². The first-order valence-electron chi connectivity index (χ1n) is 13.9. The van der Waals surface area contributed by atoms with Crippen LogP contribution in [0, 0.1) is 0 Å². The highest BCUT2D eigenvalue weighted by Gasteiger charge is 2.31. The molecule has 0 aliphatic heterocycles. The molecule has 4 atom stereocenters. The number of hydrogen-bond acceptors (Lipinski definition) is 8. The molecule has 0 aliphatic carbocycles. The number of benzene rings is 2. The van der Waals surface area contributed by atoms with Crippen molar-refractivity contribution in [2.75, 3.05) is 12.0 Å². The summed E-state index contributed by atoms with van der Waals surface area (Å²) < 4.78 is 0. The van der Waals surface area contributed by atoms with Crippen LogP contribution in [-0.2, 0) is 36.8 Å². The van der Waals surface area contributed by atoms with Gasteiger partial charge < -0.3 is 42.0 Å². The van der Waals surface area contributed by atoms with Crippen LogP contribution in [0.3, 0.4) is 0 Å². The van der Waals surface area contributed by atoms with Gasteiger partial charge in [0.05, 0.1) is 6.04 Å². The number of H-pyrrole nitrogens is 1. The number of carboxylic acid groups (broad SMARTS) is 2. The maximum atomic E-state index is 13.5. The molecule has 0 saturated heterocycles. The molecule has 0 radical (unpaired) electrons. The fourth-order valence-electron chi connectivity index (χ4n) is 4.53. The van der Waals surface area contributed by atoms with E-state index in [-0.39, 0.29) is 25.0 Å². The molecule has 2 aromatic carbocycles. The Bertz CT molecular complexity index is 1460. The number of carbonyl (C=O) groups is 5. The molecule has 44 heavy (non-hydrogen) atoms. The zero-order chi connectivity index (χ0) is 32.2. The highest BCUT2D eigenvalue weighted by Crippen LogP contribution is 2.19. The smallest absolute Gasteiger partial charge is 0.326 e. The quantitative estimate of drug-likeness (QED) is 0.107. The largest absolute Gasteiger partial charge is 0.508 e. The van der Waals surface area contributed by atoms with Crippen molar-refractivity contribution in [3.63, 3.8) is 0 Å². The predicted molar refractivity (Wildman–Crippen MR) is 165 cm³/mol. The molecule has 9 N–H and O–H groups in total. The highest BCUT2D eigenvalue weighted by molar-refractivity contribution is 7.98. The number of fused-ring (bicyclic) bond motifs is 1. The van der Waals surface area contributed by atoms with Crippen LogP contribution in [0.1, 0.15) is 30.4 Å². The number of phenols is 1. The normalized spacial score (nSPS) is 13.8. The molecule has 3 amide bonds. The molecule has 4 unspecified atom stereocenters. The van der Waals surface area contributed by atoms with Crippen LogP contribution in [-0.4, -0.2) is 86.1 Å². The van der Waals surface area contributed by atoms with E-state index in [1.807, 2.05) is 24.5 Å². The molecule has 0 saturated carbocycles. The number of phenolic OH excluding ortho intramolecular Hbond substituents is 1. The maximum Gasteiger partial charge on any atom is 0.326 e. The summed E-state index contributed by atoms with van der Waals surface area (Å²) in [6, 6.07) is 8.30. The molecule has 3 rings (SSSR count). The molecule has 14 heteroatoms. The number of nitrogens with two attached hydrogens (primary N) is 1. The molecular weight excluding hydrogens is 590 g/mol. The Morgan fingerprint density at radius 1 is 0.841 bits per heavy atom. The van der Waals surface area contributed by atoms with Crippen LogP contribution in [0.5, 0.6) is 5.75 Å². The molecule has 1 aromatic heterocycles. The van der Waals surface area contributed by atoms with Gasteiger partial charge in [-0.15, -0.1) is 0 Å². The number of carboxylic acids is 2. The van der Waals surface area contributed by atoms with Gasteiger partial charge in [0, 0.05) is 36.4 Å². The van der Waals surface area contributed by atoms with Crippen molar-refractivity contribution in [2.24, 2.45) is 5.73 Å². The highest BCUT2D eigenvalue weighted by atomic mass is 32.2. The topological polar surface area (TPSA) is 224 Å². The second-order valence-electron chi connectivity index (χ2n) is 10.3. The number of amides is 3. The standard InChI is InChI=1S/C30H37N5O8S/c1-44-13-12-21(31)27(39)34-24(14-17-6-8-19(36)9-7-17)29(41)33-23(10-11-26(37)38)28(40)35-25(30(42)43)15-18-16-32-22-5-3-2-4-20(18)22/h2-9,16,21,23-25,32,36H,10-15,31H2,1H3,(H,33,41)(H,34,39)(H,35,40)(H,37,38)(H,42,43). The lowest BCUT2D eigenvalue weighted by Crippen LogP contribution is -2.57. The second-order valence-corrected chi connectivity index (χ2v) is 11.3. The van der Waals surface area contributed by atoms with E-state index >= 15 is 0 Å². The minimum absolute atomic E-state index is 0.00361. The fourth-order valence-corrected chi connectivity index (χ4v) is 5.02. The van der Waals surface area contributed by atoms with Crippen molar-refractivity contribution in [1.82, 2.24) is 20.9 Å². The Labute approximate surface area is 258 Å². The van der Waals surface area contributed by atoms with Crippen molar-refractivity contribution in [3.8, 4) is 5.75 Å². The van der Waals surface area contributed by atoms with Crippen LogP contribution in [0.25, 0.3) is 10.9 Å². The van der Waals surface area contributed by atoms with Crippen molar-refractivity contribution in [3.05, 3.63) is 65.9 Å². The molecule has 0 aliphatic rings. The Balaban J connectivity index is 1.80. The number of rotatable bonds is 17. The van der Waals surface area contributed by atoms with E-state index in [0.717, 1.165) is 10.9 Å². The van der Waals surface area contributed by atoms with E-state index in [1.165, 1.54) is 23.9 Å². The number of para-hydroxylation sites is 1. The van der Waals surface area contributed by atoms with Crippen molar-refractivity contribution in [1.29, 1.82) is 0 Å². The van der Waals surface area contributed by atoms with E-state index in [0.29, 0.717) is 23.3 Å². The summed E-state index contributed by atoms with van der Waals surface area (Å²) in [7, 11) is 0. The van der Waals surface area contributed by atoms with E-state index in [1.54, 1.807) is 24.4 Å². The number of thioether (sulfide) groups is 1. The average molecular weight is 628 g/mol. The summed E-state index contributed by atoms with van der Waals surface area (Å²) in [6.07, 6.45) is 2.95. The summed E-state index contributed by atoms with van der Waals surface area (Å²) in [4.78, 5) is 66.2. The zero-order valence-corrected chi connectivity index (χ0v) is 24.9. The molecule has 236 valence electrons. The maximum absolute atomic E-state index is 13.5. The van der Waals surface area contributed by atoms with Gasteiger partial charge in [-0.05, 0) is 54.2 Å². The summed E-state index contributed by atoms with van der Waals surface area (Å²) in [5.41, 5.74) is 8.01. The first kappa shape index (κ1) is 33.9. The monoisotopic (exact) mass is 627 g/mol. The first-order valence-corrected chi connectivity index (χ1v) is 15.3. The van der Waals surface area contributed by atoms with Crippen molar-refractivity contribution >= 4 is 52.3 Å². The van der Waals surface area contributed by atoms with Gasteiger partial charge in [-0.3, -0.25) is 19.2 Å².